The predicted octanol–water partition coefficient (Wildman–Crippen LogP) is 1.81. The Morgan fingerprint density at radius 2 is 1.86 bits per heavy atom. The summed E-state index contributed by atoms with van der Waals surface area (Å²) in [5.41, 5.74) is 0.629. The maximum absolute atomic E-state index is 12.3. The zero-order chi connectivity index (χ0) is 15.6. The van der Waals surface area contributed by atoms with Crippen molar-refractivity contribution < 1.29 is 18.3 Å². The minimum atomic E-state index is -3.90. The molecule has 0 saturated carbocycles. The molecule has 0 atom stereocenters. The van der Waals surface area contributed by atoms with Crippen molar-refractivity contribution in [1.29, 1.82) is 0 Å². The van der Waals surface area contributed by atoms with E-state index < -0.39 is 16.0 Å². The van der Waals surface area contributed by atoms with Crippen LogP contribution in [0.25, 0.3) is 0 Å². The van der Waals surface area contributed by atoms with Crippen molar-refractivity contribution in [1.82, 2.24) is 0 Å². The molecule has 0 aromatic heterocycles. The molecule has 0 aliphatic rings. The highest BCUT2D eigenvalue weighted by molar-refractivity contribution is 7.92. The van der Waals surface area contributed by atoms with Gasteiger partial charge in [0.05, 0.1) is 16.7 Å². The van der Waals surface area contributed by atoms with Gasteiger partial charge in [-0.25, -0.2) is 8.42 Å². The molecule has 2 aromatic carbocycles. The Bertz CT molecular complexity index is 802. The number of aryl methyl sites for hydroxylation is 1. The molecular formula is C14H11ClNO4S-. The largest absolute Gasteiger partial charge is 0.545 e. The molecule has 110 valence electrons. The summed E-state index contributed by atoms with van der Waals surface area (Å²) in [5.74, 6) is -1.38. The van der Waals surface area contributed by atoms with Gasteiger partial charge in [0.2, 0.25) is 0 Å². The highest BCUT2D eigenvalue weighted by Crippen LogP contribution is 2.25. The molecule has 0 amide bonds. The fourth-order valence-electron chi connectivity index (χ4n) is 1.72. The van der Waals surface area contributed by atoms with Crippen molar-refractivity contribution >= 4 is 33.3 Å². The lowest BCUT2D eigenvalue weighted by molar-refractivity contribution is -0.255. The van der Waals surface area contributed by atoms with Gasteiger partial charge in [0, 0.05) is 0 Å². The summed E-state index contributed by atoms with van der Waals surface area (Å²) >= 11 is 5.87. The molecule has 0 unspecified atom stereocenters. The average molecular weight is 325 g/mol. The summed E-state index contributed by atoms with van der Waals surface area (Å²) in [6.45, 7) is 1.66. The van der Waals surface area contributed by atoms with Gasteiger partial charge < -0.3 is 9.90 Å². The Balaban J connectivity index is 2.44. The van der Waals surface area contributed by atoms with Crippen LogP contribution in [0.4, 0.5) is 5.69 Å². The molecule has 0 saturated heterocycles. The highest BCUT2D eigenvalue weighted by atomic mass is 35.5. The number of carbonyl (C=O) groups excluding carboxylic acids is 1. The number of aromatic carboxylic acids is 1. The van der Waals surface area contributed by atoms with Crippen LogP contribution in [0.1, 0.15) is 15.9 Å². The fourth-order valence-corrected chi connectivity index (χ4v) is 3.36. The molecule has 2 rings (SSSR count). The number of carboxylic acids is 1. The van der Waals surface area contributed by atoms with Crippen LogP contribution in [0.5, 0.6) is 0 Å². The summed E-state index contributed by atoms with van der Waals surface area (Å²) in [6, 6.07) is 10.0. The van der Waals surface area contributed by atoms with E-state index in [0.29, 0.717) is 5.56 Å². The highest BCUT2D eigenvalue weighted by Gasteiger charge is 2.18. The molecule has 0 aliphatic carbocycles. The summed E-state index contributed by atoms with van der Waals surface area (Å²) in [6.07, 6.45) is 0. The fraction of sp³-hybridized carbons (Fsp3) is 0.0714. The van der Waals surface area contributed by atoms with Crippen LogP contribution in [0.15, 0.2) is 47.4 Å². The number of benzene rings is 2. The topological polar surface area (TPSA) is 86.3 Å². The van der Waals surface area contributed by atoms with Crippen molar-refractivity contribution in [3.05, 3.63) is 58.6 Å². The van der Waals surface area contributed by atoms with Gasteiger partial charge in [-0.1, -0.05) is 35.9 Å². The van der Waals surface area contributed by atoms with E-state index in [4.69, 9.17) is 11.6 Å². The van der Waals surface area contributed by atoms with Crippen molar-refractivity contribution in [2.24, 2.45) is 0 Å². The van der Waals surface area contributed by atoms with Gasteiger partial charge >= 0.3 is 0 Å². The molecule has 0 heterocycles. The molecule has 0 fully saturated rings. The Morgan fingerprint density at radius 3 is 2.48 bits per heavy atom. The van der Waals surface area contributed by atoms with Crippen LogP contribution in [-0.4, -0.2) is 14.4 Å². The summed E-state index contributed by atoms with van der Waals surface area (Å²) in [7, 11) is -3.90. The second kappa shape index (κ2) is 5.75. The molecular weight excluding hydrogens is 314 g/mol. The standard InChI is InChI=1S/C14H12ClNO4S/c1-9-6-7-10(14(17)18)8-12(9)16-21(19,20)13-5-3-2-4-11(13)15/h2-8,16H,1H3,(H,17,18)/p-1. The van der Waals surface area contributed by atoms with Gasteiger partial charge in [-0.3, -0.25) is 4.72 Å². The first kappa shape index (κ1) is 15.3. The Labute approximate surface area is 127 Å². The van der Waals surface area contributed by atoms with E-state index in [1.165, 1.54) is 30.3 Å². The number of nitrogens with one attached hydrogen (secondary N) is 1. The van der Waals surface area contributed by atoms with E-state index in [9.17, 15) is 18.3 Å². The zero-order valence-electron chi connectivity index (χ0n) is 11.0. The summed E-state index contributed by atoms with van der Waals surface area (Å²) in [5, 5.41) is 10.9. The van der Waals surface area contributed by atoms with Crippen LogP contribution < -0.4 is 9.83 Å². The van der Waals surface area contributed by atoms with Gasteiger partial charge in [-0.2, -0.15) is 0 Å². The second-order valence-corrected chi connectivity index (χ2v) is 6.41. The minimum absolute atomic E-state index is 0.0788. The number of hydrogen-bond donors (Lipinski definition) is 1. The second-order valence-electron chi connectivity index (χ2n) is 4.35. The van der Waals surface area contributed by atoms with Crippen molar-refractivity contribution in [3.8, 4) is 0 Å². The van der Waals surface area contributed by atoms with E-state index >= 15 is 0 Å². The molecule has 5 nitrogen and oxygen atoms in total. The van der Waals surface area contributed by atoms with Crippen LogP contribution >= 0.6 is 11.6 Å². The van der Waals surface area contributed by atoms with E-state index in [0.717, 1.165) is 0 Å². The first-order chi connectivity index (χ1) is 9.81. The maximum Gasteiger partial charge on any atom is 0.263 e. The lowest BCUT2D eigenvalue weighted by Gasteiger charge is -2.13. The number of hydrogen-bond acceptors (Lipinski definition) is 4. The third-order valence-corrected chi connectivity index (χ3v) is 4.71. The smallest absolute Gasteiger partial charge is 0.263 e. The number of anilines is 1. The lowest BCUT2D eigenvalue weighted by Crippen LogP contribution is -2.22. The van der Waals surface area contributed by atoms with Crippen LogP contribution in [0.3, 0.4) is 0 Å². The third-order valence-electron chi connectivity index (χ3n) is 2.84. The Morgan fingerprint density at radius 1 is 1.19 bits per heavy atom. The number of sulfonamides is 1. The molecule has 21 heavy (non-hydrogen) atoms. The third kappa shape index (κ3) is 3.34. The molecule has 0 spiro atoms. The zero-order valence-corrected chi connectivity index (χ0v) is 12.5. The first-order valence-electron chi connectivity index (χ1n) is 5.90. The quantitative estimate of drug-likeness (QED) is 0.929. The van der Waals surface area contributed by atoms with Crippen LogP contribution in [0, 0.1) is 6.92 Å². The monoisotopic (exact) mass is 324 g/mol. The molecule has 2 aromatic rings. The number of carboxylic acid groups (broad SMARTS) is 1. The molecule has 0 bridgehead atoms. The van der Waals surface area contributed by atoms with E-state index in [2.05, 4.69) is 4.72 Å². The Hall–Kier alpha value is -2.05. The normalized spacial score (nSPS) is 11.1. The van der Waals surface area contributed by atoms with Crippen molar-refractivity contribution in [2.45, 2.75) is 11.8 Å². The first-order valence-corrected chi connectivity index (χ1v) is 7.77. The molecule has 1 N–H and O–H groups in total. The van der Waals surface area contributed by atoms with E-state index in [1.54, 1.807) is 19.1 Å². The molecule has 7 heteroatoms. The van der Waals surface area contributed by atoms with Gasteiger partial charge in [-0.15, -0.1) is 0 Å². The number of halogens is 1. The molecule has 0 aliphatic heterocycles. The number of rotatable bonds is 4. The van der Waals surface area contributed by atoms with Gasteiger partial charge in [0.25, 0.3) is 10.0 Å². The SMILES string of the molecule is Cc1ccc(C(=O)[O-])cc1NS(=O)(=O)c1ccccc1Cl. The van der Waals surface area contributed by atoms with Gasteiger partial charge in [0.15, 0.2) is 0 Å². The maximum atomic E-state index is 12.3. The van der Waals surface area contributed by atoms with Gasteiger partial charge in [0.1, 0.15) is 4.90 Å². The van der Waals surface area contributed by atoms with Gasteiger partial charge in [-0.05, 0) is 36.2 Å². The average Bonchev–Trinajstić information content (AvgIpc) is 2.41. The van der Waals surface area contributed by atoms with Crippen molar-refractivity contribution in [2.75, 3.05) is 4.72 Å². The Kier molecular flexibility index (Phi) is 4.20. The number of carbonyl (C=O) groups is 1. The lowest BCUT2D eigenvalue weighted by atomic mass is 10.1. The minimum Gasteiger partial charge on any atom is -0.545 e. The van der Waals surface area contributed by atoms with Crippen LogP contribution in [0.2, 0.25) is 5.02 Å². The molecule has 0 radical (unpaired) electrons. The van der Waals surface area contributed by atoms with E-state index in [1.807, 2.05) is 0 Å². The van der Waals surface area contributed by atoms with E-state index in [-0.39, 0.29) is 21.2 Å². The predicted molar refractivity (Wildman–Crippen MR) is 77.8 cm³/mol. The van der Waals surface area contributed by atoms with Crippen molar-refractivity contribution in [3.63, 3.8) is 0 Å². The van der Waals surface area contributed by atoms with Crippen LogP contribution in [-0.2, 0) is 10.0 Å². The summed E-state index contributed by atoms with van der Waals surface area (Å²) in [4.78, 5) is 10.8. The summed E-state index contributed by atoms with van der Waals surface area (Å²) < 4.78 is 26.9.